The second kappa shape index (κ2) is 39.6. The van der Waals surface area contributed by atoms with Gasteiger partial charge >= 0.3 is 18.0 Å². The summed E-state index contributed by atoms with van der Waals surface area (Å²) in [5, 5.41) is 28.4. The van der Waals surface area contributed by atoms with Crippen LogP contribution in [-0.2, 0) is 53.3 Å². The summed E-state index contributed by atoms with van der Waals surface area (Å²) in [7, 11) is 0. The van der Waals surface area contributed by atoms with Crippen molar-refractivity contribution in [3.63, 3.8) is 0 Å². The number of aryl methyl sites for hydroxylation is 2. The summed E-state index contributed by atoms with van der Waals surface area (Å²) in [4.78, 5) is 91.9. The molecule has 0 radical (unpaired) electrons. The Morgan fingerprint density at radius 1 is 0.529 bits per heavy atom. The van der Waals surface area contributed by atoms with E-state index in [0.717, 1.165) is 188 Å². The molecule has 16 rings (SSSR count). The highest BCUT2D eigenvalue weighted by Gasteiger charge is 2.35. The van der Waals surface area contributed by atoms with Crippen LogP contribution in [0.5, 0.6) is 23.8 Å². The van der Waals surface area contributed by atoms with Gasteiger partial charge in [-0.25, -0.2) is 4.39 Å². The molecule has 119 heavy (non-hydrogen) atoms. The van der Waals surface area contributed by atoms with Gasteiger partial charge in [0.05, 0.1) is 72.1 Å². The number of H-pyrrole nitrogens is 1. The third kappa shape index (κ3) is 19.7. The molecule has 4 aromatic carbocycles. The fourth-order valence-electron chi connectivity index (χ4n) is 17.8. The van der Waals surface area contributed by atoms with E-state index in [4.69, 9.17) is 55.3 Å². The lowest BCUT2D eigenvalue weighted by Gasteiger charge is -2.38. The van der Waals surface area contributed by atoms with E-state index >= 15 is 4.39 Å². The van der Waals surface area contributed by atoms with Crippen LogP contribution in [-0.4, -0.2) is 275 Å². The van der Waals surface area contributed by atoms with E-state index < -0.39 is 5.82 Å². The number of carbonyl (C=O) groups is 3. The zero-order valence-corrected chi connectivity index (χ0v) is 69.8. The van der Waals surface area contributed by atoms with Crippen LogP contribution in [0.2, 0.25) is 0 Å². The molecule has 8 aliphatic rings. The van der Waals surface area contributed by atoms with Crippen molar-refractivity contribution in [2.24, 2.45) is 0 Å². The van der Waals surface area contributed by atoms with Gasteiger partial charge in [-0.15, -0.1) is 0 Å². The second-order valence-corrected chi connectivity index (χ2v) is 31.8. The molecule has 30 heteroatoms. The number of rotatable bonds is 25. The SMILES string of the molecule is C=CC(=O)N1CCN(c2nc(OCCCN3CCCCC3)nc3c2CCN(c2c(F)c(O)cc4ccccc24)C3)CC1.C=CC(=O)N1CCN(c2nc(OCCN(CC)CC)nc3c2CCN(c2c(C)ccc(N)c2C=N)C3)CC1.C=CC(=O)N1CCN(c2nc(OCCN3CCCCC3)nc3c2CCN(c2c(C)ccc4[nH]ncc24)C3)CC1. The maximum Gasteiger partial charge on any atom is 0.318 e. The number of hydrogen-bond donors (Lipinski definition) is 4. The Hall–Kier alpha value is -11.2. The average molecular weight is 1630 g/mol. The second-order valence-electron chi connectivity index (χ2n) is 31.8. The number of amides is 3. The van der Waals surface area contributed by atoms with Crippen molar-refractivity contribution in [2.75, 3.05) is 212 Å². The fraction of sp³-hybridized carbons (Fsp3) is 0.494. The molecule has 0 aliphatic carbocycles. The lowest BCUT2D eigenvalue weighted by atomic mass is 10.00. The monoisotopic (exact) mass is 1620 g/mol. The smallest absolute Gasteiger partial charge is 0.318 e. The minimum atomic E-state index is -0.622. The van der Waals surface area contributed by atoms with Gasteiger partial charge in [0.1, 0.15) is 30.7 Å². The topological polar surface area (TPSA) is 294 Å². The van der Waals surface area contributed by atoms with Crippen LogP contribution in [0, 0.1) is 25.1 Å². The van der Waals surface area contributed by atoms with Gasteiger partial charge in [-0.1, -0.05) is 82.8 Å². The number of nitrogens with one attached hydrogen (secondary N) is 2. The van der Waals surface area contributed by atoms with Crippen LogP contribution in [0.4, 0.5) is 44.6 Å². The number of piperazine rings is 3. The Bertz CT molecular complexity index is 4930. The first kappa shape index (κ1) is 84.2. The highest BCUT2D eigenvalue weighted by Crippen LogP contribution is 2.42. The Morgan fingerprint density at radius 3 is 1.46 bits per heavy atom. The zero-order chi connectivity index (χ0) is 83.1. The van der Waals surface area contributed by atoms with Crippen LogP contribution in [0.15, 0.2) is 98.8 Å². The molecule has 0 spiro atoms. The summed E-state index contributed by atoms with van der Waals surface area (Å²) < 4.78 is 33.9. The zero-order valence-electron chi connectivity index (χ0n) is 69.8. The number of aromatic nitrogens is 8. The number of phenols is 1. The first-order valence-corrected chi connectivity index (χ1v) is 42.7. The number of likely N-dealkylation sites (tertiary alicyclic amines) is 2. The van der Waals surface area contributed by atoms with Crippen molar-refractivity contribution in [3.05, 3.63) is 155 Å². The van der Waals surface area contributed by atoms with Crippen LogP contribution in [0.1, 0.15) is 109 Å². The van der Waals surface area contributed by atoms with E-state index in [1.54, 1.807) is 4.90 Å². The lowest BCUT2D eigenvalue weighted by Crippen LogP contribution is -2.49. The summed E-state index contributed by atoms with van der Waals surface area (Å²) in [6.07, 6.45) is 18.2. The first-order valence-electron chi connectivity index (χ1n) is 42.7. The van der Waals surface area contributed by atoms with E-state index in [0.29, 0.717) is 147 Å². The van der Waals surface area contributed by atoms with Gasteiger partial charge in [0.25, 0.3) is 0 Å². The molecule has 12 heterocycles. The first-order chi connectivity index (χ1) is 58.0. The summed E-state index contributed by atoms with van der Waals surface area (Å²) in [5.74, 6) is 1.59. The van der Waals surface area contributed by atoms with E-state index in [1.165, 1.54) is 85.8 Å². The molecule has 0 atom stereocenters. The van der Waals surface area contributed by atoms with Crippen molar-refractivity contribution < 1.29 is 38.1 Å². The van der Waals surface area contributed by atoms with Crippen molar-refractivity contribution in [1.82, 2.24) is 69.5 Å². The van der Waals surface area contributed by atoms with Gasteiger partial charge < -0.3 is 84.4 Å². The molecule has 632 valence electrons. The quantitative estimate of drug-likeness (QED) is 0.0179. The van der Waals surface area contributed by atoms with E-state index in [2.05, 4.69) is 109 Å². The highest BCUT2D eigenvalue weighted by molar-refractivity contribution is 5.97. The molecule has 3 amide bonds. The molecule has 0 saturated carbocycles. The molecule has 5 saturated heterocycles. The number of anilines is 7. The van der Waals surface area contributed by atoms with Crippen LogP contribution in [0.3, 0.4) is 0 Å². The number of ether oxygens (including phenoxy) is 3. The van der Waals surface area contributed by atoms with Gasteiger partial charge in [-0.05, 0) is 157 Å². The Balaban J connectivity index is 0.000000147. The number of hydrogen-bond acceptors (Lipinski definition) is 25. The van der Waals surface area contributed by atoms with Crippen molar-refractivity contribution in [1.29, 1.82) is 5.41 Å². The van der Waals surface area contributed by atoms with E-state index in [9.17, 15) is 19.5 Å². The summed E-state index contributed by atoms with van der Waals surface area (Å²) in [6.45, 7) is 41.9. The van der Waals surface area contributed by atoms with Crippen molar-refractivity contribution in [2.45, 2.75) is 112 Å². The minimum Gasteiger partial charge on any atom is -0.505 e. The Labute approximate surface area is 697 Å². The van der Waals surface area contributed by atoms with Gasteiger partial charge in [0.15, 0.2) is 11.6 Å². The maximum absolute atomic E-state index is 15.4. The van der Waals surface area contributed by atoms with E-state index in [-0.39, 0.29) is 23.5 Å². The number of likely N-dealkylation sites (N-methyl/N-ethyl adjacent to an activating group) is 1. The molecular weight excluding hydrogens is 1510 g/mol. The molecular formula is C89H117FN22O7. The minimum absolute atomic E-state index is 0.0134. The third-order valence-electron chi connectivity index (χ3n) is 24.5. The number of piperidine rings is 2. The number of fused-ring (bicyclic) bond motifs is 5. The number of nitrogens with zero attached hydrogens (tertiary/aromatic N) is 19. The summed E-state index contributed by atoms with van der Waals surface area (Å²) >= 11 is 0. The van der Waals surface area contributed by atoms with Crippen molar-refractivity contribution in [3.8, 4) is 23.8 Å². The number of nitrogen functional groups attached to an aromatic ring is 1. The number of phenolic OH excluding ortho intramolecular Hbond substituents is 1. The average Bonchev–Trinajstić information content (AvgIpc) is 1.62. The number of carbonyl (C=O) groups excluding carboxylic acids is 3. The van der Waals surface area contributed by atoms with Gasteiger partial charge in [-0.3, -0.25) is 24.4 Å². The molecule has 4 aromatic heterocycles. The predicted octanol–water partition coefficient (Wildman–Crippen LogP) is 9.53. The van der Waals surface area contributed by atoms with Crippen LogP contribution in [0.25, 0.3) is 21.7 Å². The normalized spacial score (nSPS) is 17.2. The Morgan fingerprint density at radius 2 is 0.975 bits per heavy atom. The molecule has 8 aromatic rings. The molecule has 5 fully saturated rings. The number of benzene rings is 4. The van der Waals surface area contributed by atoms with E-state index in [1.807, 2.05) is 57.3 Å². The largest absolute Gasteiger partial charge is 0.505 e. The number of aromatic amines is 1. The number of halogens is 1. The summed E-state index contributed by atoms with van der Waals surface area (Å²) in [5.41, 5.74) is 19.6. The van der Waals surface area contributed by atoms with Gasteiger partial charge in [0.2, 0.25) is 17.7 Å². The number of nitrogens with two attached hydrogens (primary N) is 1. The van der Waals surface area contributed by atoms with Crippen LogP contribution >= 0.6 is 0 Å². The predicted molar refractivity (Wildman–Crippen MR) is 467 cm³/mol. The molecule has 0 bridgehead atoms. The highest BCUT2D eigenvalue weighted by atomic mass is 19.1. The lowest BCUT2D eigenvalue weighted by molar-refractivity contribution is -0.127. The van der Waals surface area contributed by atoms with Gasteiger partial charge in [0, 0.05) is 163 Å². The van der Waals surface area contributed by atoms with Crippen LogP contribution < -0.4 is 49.3 Å². The molecule has 0 unspecified atom stereocenters. The summed E-state index contributed by atoms with van der Waals surface area (Å²) in [6, 6.07) is 18.3. The third-order valence-corrected chi connectivity index (χ3v) is 24.5. The fourth-order valence-corrected chi connectivity index (χ4v) is 17.8. The Kier molecular flexibility index (Phi) is 28.0. The standard InChI is InChI=1S/C32H39FN6O3.C29H38N8O2.C28H40N8O2/c1-2-28(41)37-16-18-38(19-17-37)31-25-11-15-39(30-24-10-5-4-9-23(24)21-27(40)29(30)33)22-26(25)34-32(35-31)42-20-8-14-36-12-6-3-7-13-36;1-3-26(38)35-13-15-36(16-14-35)28-22-9-12-37(27-21(2)7-8-24-23(27)19-30-33-24)20-25(22)31-29(32-28)39-18-17-34-10-5-4-6-11-34;1-5-25(37)34-12-14-35(15-13-34)27-21-10-11-36(26-20(4)8-9-23(30)22(26)18-29)19-24(21)31-28(32-27)38-17-16-33(6-2)7-3/h2,4-5,9-10,21,40H,1,3,6-8,11-20,22H2;3,7-8,19H,1,4-6,9-18,20H2,2H3,(H,30,33);5,8-9,18,29H,1,6-7,10-17,19,30H2,2-4H3. The maximum atomic E-state index is 15.4. The van der Waals surface area contributed by atoms with Gasteiger partial charge in [-0.2, -0.15) is 35.0 Å². The number of aromatic hydroxyl groups is 1. The molecule has 8 aliphatic heterocycles. The molecule has 29 nitrogen and oxygen atoms in total. The molecule has 5 N–H and O–H groups in total. The van der Waals surface area contributed by atoms with Crippen molar-refractivity contribution >= 4 is 85.8 Å².